The molecule has 1 N–H and O–H groups in total. The average Bonchev–Trinajstić information content (AvgIpc) is 2.38. The molecule has 2 rings (SSSR count). The lowest BCUT2D eigenvalue weighted by atomic mass is 10.0. The number of nitrogens with one attached hydrogen (secondary N) is 1. The Kier molecular flexibility index (Phi) is 7.99. The summed E-state index contributed by atoms with van der Waals surface area (Å²) in [6.07, 6.45) is 5.48. The molecule has 1 aromatic heterocycles. The SMILES string of the molecule is CNC1CCN(C(=O)c2cncc(C)c2)CC1.Cl.Cl. The van der Waals surface area contributed by atoms with E-state index in [4.69, 9.17) is 0 Å². The minimum Gasteiger partial charge on any atom is -0.338 e. The highest BCUT2D eigenvalue weighted by Gasteiger charge is 2.22. The van der Waals surface area contributed by atoms with Gasteiger partial charge in [0.1, 0.15) is 0 Å². The number of aromatic nitrogens is 1. The molecule has 1 aliphatic rings. The Bertz CT molecular complexity index is 407. The molecule has 1 amide bonds. The van der Waals surface area contributed by atoms with Gasteiger partial charge in [-0.1, -0.05) is 0 Å². The summed E-state index contributed by atoms with van der Waals surface area (Å²) in [4.78, 5) is 18.2. The number of halogens is 2. The Labute approximate surface area is 126 Å². The Morgan fingerprint density at radius 1 is 1.32 bits per heavy atom. The molecule has 0 aromatic carbocycles. The van der Waals surface area contributed by atoms with Gasteiger partial charge in [-0.25, -0.2) is 0 Å². The Morgan fingerprint density at radius 3 is 2.47 bits per heavy atom. The van der Waals surface area contributed by atoms with Gasteiger partial charge in [-0.2, -0.15) is 0 Å². The minimum absolute atomic E-state index is 0. The second-order valence-corrected chi connectivity index (χ2v) is 4.61. The third-order valence-electron chi connectivity index (χ3n) is 3.31. The first kappa shape index (κ1) is 18.2. The van der Waals surface area contributed by atoms with Crippen molar-refractivity contribution in [1.82, 2.24) is 15.2 Å². The predicted molar refractivity (Wildman–Crippen MR) is 81.5 cm³/mol. The smallest absolute Gasteiger partial charge is 0.255 e. The highest BCUT2D eigenvalue weighted by molar-refractivity contribution is 5.94. The van der Waals surface area contributed by atoms with Crippen molar-refractivity contribution < 1.29 is 4.79 Å². The number of pyridine rings is 1. The number of carbonyl (C=O) groups excluding carboxylic acids is 1. The number of hydrogen-bond acceptors (Lipinski definition) is 3. The van der Waals surface area contributed by atoms with Gasteiger partial charge in [-0.15, -0.1) is 24.8 Å². The van der Waals surface area contributed by atoms with Crippen LogP contribution in [0, 0.1) is 6.92 Å². The number of nitrogens with zero attached hydrogens (tertiary/aromatic N) is 2. The van der Waals surface area contributed by atoms with Gasteiger partial charge in [0.05, 0.1) is 5.56 Å². The van der Waals surface area contributed by atoms with Crippen LogP contribution in [0.5, 0.6) is 0 Å². The molecule has 0 bridgehead atoms. The summed E-state index contributed by atoms with van der Waals surface area (Å²) in [6.45, 7) is 3.62. The summed E-state index contributed by atoms with van der Waals surface area (Å²) < 4.78 is 0. The Hall–Kier alpha value is -0.840. The van der Waals surface area contributed by atoms with Crippen LogP contribution in [0.25, 0.3) is 0 Å². The number of piperidine rings is 1. The van der Waals surface area contributed by atoms with E-state index in [0.29, 0.717) is 11.6 Å². The number of rotatable bonds is 2. The third kappa shape index (κ3) is 4.64. The van der Waals surface area contributed by atoms with Crippen molar-refractivity contribution in [2.24, 2.45) is 0 Å². The largest absolute Gasteiger partial charge is 0.338 e. The van der Waals surface area contributed by atoms with Gasteiger partial charge in [0, 0.05) is 31.5 Å². The molecule has 0 unspecified atom stereocenters. The van der Waals surface area contributed by atoms with Gasteiger partial charge >= 0.3 is 0 Å². The fraction of sp³-hybridized carbons (Fsp3) is 0.538. The maximum absolute atomic E-state index is 12.2. The molecular formula is C13H21Cl2N3O. The van der Waals surface area contributed by atoms with Gasteiger partial charge < -0.3 is 10.2 Å². The third-order valence-corrected chi connectivity index (χ3v) is 3.31. The van der Waals surface area contributed by atoms with Crippen LogP contribution in [-0.4, -0.2) is 42.0 Å². The maximum Gasteiger partial charge on any atom is 0.255 e. The van der Waals surface area contributed by atoms with Gasteiger partial charge in [0.15, 0.2) is 0 Å². The molecule has 4 nitrogen and oxygen atoms in total. The molecule has 0 aliphatic carbocycles. The number of carbonyl (C=O) groups is 1. The first-order valence-corrected chi connectivity index (χ1v) is 6.09. The van der Waals surface area contributed by atoms with Crippen molar-refractivity contribution >= 4 is 30.7 Å². The molecule has 1 aromatic rings. The van der Waals surface area contributed by atoms with Gasteiger partial charge in [0.25, 0.3) is 5.91 Å². The van der Waals surface area contributed by atoms with Crippen LogP contribution >= 0.6 is 24.8 Å². The van der Waals surface area contributed by atoms with E-state index in [1.165, 1.54) is 0 Å². The normalized spacial score (nSPS) is 15.4. The van der Waals surface area contributed by atoms with E-state index < -0.39 is 0 Å². The topological polar surface area (TPSA) is 45.2 Å². The van der Waals surface area contributed by atoms with Gasteiger partial charge in [-0.05, 0) is 38.4 Å². The molecule has 6 heteroatoms. The zero-order valence-corrected chi connectivity index (χ0v) is 12.9. The number of likely N-dealkylation sites (tertiary alicyclic amines) is 1. The van der Waals surface area contributed by atoms with Crippen LogP contribution < -0.4 is 5.32 Å². The molecule has 1 aliphatic heterocycles. The molecule has 19 heavy (non-hydrogen) atoms. The average molecular weight is 306 g/mol. The zero-order chi connectivity index (χ0) is 12.3. The number of hydrogen-bond donors (Lipinski definition) is 1. The molecule has 2 heterocycles. The molecular weight excluding hydrogens is 285 g/mol. The van der Waals surface area contributed by atoms with E-state index in [9.17, 15) is 4.79 Å². The molecule has 0 spiro atoms. The Morgan fingerprint density at radius 2 is 1.95 bits per heavy atom. The first-order chi connectivity index (χ1) is 8.20. The maximum atomic E-state index is 12.2. The van der Waals surface area contributed by atoms with Crippen molar-refractivity contribution in [3.8, 4) is 0 Å². The lowest BCUT2D eigenvalue weighted by Gasteiger charge is -2.31. The fourth-order valence-corrected chi connectivity index (χ4v) is 2.23. The van der Waals surface area contributed by atoms with E-state index in [1.807, 2.05) is 24.9 Å². The van der Waals surface area contributed by atoms with Crippen LogP contribution in [0.4, 0.5) is 0 Å². The lowest BCUT2D eigenvalue weighted by molar-refractivity contribution is 0.0707. The fourth-order valence-electron chi connectivity index (χ4n) is 2.23. The second kappa shape index (κ2) is 8.35. The van der Waals surface area contributed by atoms with Crippen molar-refractivity contribution in [1.29, 1.82) is 0 Å². The standard InChI is InChI=1S/C13H19N3O.2ClH/c1-10-7-11(9-15-8-10)13(17)16-5-3-12(14-2)4-6-16;;/h7-9,12,14H,3-6H2,1-2H3;2*1H. The van der Waals surface area contributed by atoms with E-state index in [2.05, 4.69) is 10.3 Å². The molecule has 0 radical (unpaired) electrons. The van der Waals surface area contributed by atoms with Crippen LogP contribution in [0.15, 0.2) is 18.5 Å². The van der Waals surface area contributed by atoms with Gasteiger partial charge in [-0.3, -0.25) is 9.78 Å². The summed E-state index contributed by atoms with van der Waals surface area (Å²) in [5.74, 6) is 0.107. The van der Waals surface area contributed by atoms with Crippen LogP contribution in [0.2, 0.25) is 0 Å². The van der Waals surface area contributed by atoms with Crippen LogP contribution in [0.1, 0.15) is 28.8 Å². The molecule has 0 saturated carbocycles. The second-order valence-electron chi connectivity index (χ2n) is 4.61. The first-order valence-electron chi connectivity index (χ1n) is 6.09. The molecule has 108 valence electrons. The summed E-state index contributed by atoms with van der Waals surface area (Å²) in [5, 5.41) is 3.26. The molecule has 1 fully saturated rings. The number of amides is 1. The van der Waals surface area contributed by atoms with E-state index in [-0.39, 0.29) is 30.7 Å². The minimum atomic E-state index is 0. The highest BCUT2D eigenvalue weighted by atomic mass is 35.5. The van der Waals surface area contributed by atoms with Crippen LogP contribution in [-0.2, 0) is 0 Å². The molecule has 0 atom stereocenters. The van der Waals surface area contributed by atoms with E-state index in [1.54, 1.807) is 12.4 Å². The number of aryl methyl sites for hydroxylation is 1. The van der Waals surface area contributed by atoms with Crippen molar-refractivity contribution in [2.75, 3.05) is 20.1 Å². The van der Waals surface area contributed by atoms with Gasteiger partial charge in [0.2, 0.25) is 0 Å². The zero-order valence-electron chi connectivity index (χ0n) is 11.3. The summed E-state index contributed by atoms with van der Waals surface area (Å²) in [6, 6.07) is 2.45. The van der Waals surface area contributed by atoms with E-state index in [0.717, 1.165) is 31.5 Å². The van der Waals surface area contributed by atoms with E-state index >= 15 is 0 Å². The highest BCUT2D eigenvalue weighted by Crippen LogP contribution is 2.13. The van der Waals surface area contributed by atoms with Crippen LogP contribution in [0.3, 0.4) is 0 Å². The van der Waals surface area contributed by atoms with Crippen molar-refractivity contribution in [2.45, 2.75) is 25.8 Å². The van der Waals surface area contributed by atoms with Crippen molar-refractivity contribution in [3.05, 3.63) is 29.6 Å². The lowest BCUT2D eigenvalue weighted by Crippen LogP contribution is -2.44. The predicted octanol–water partition coefficient (Wildman–Crippen LogP) is 2.06. The summed E-state index contributed by atoms with van der Waals surface area (Å²) in [5.41, 5.74) is 1.73. The quantitative estimate of drug-likeness (QED) is 0.909. The monoisotopic (exact) mass is 305 g/mol. The Balaban J connectivity index is 0.00000162. The summed E-state index contributed by atoms with van der Waals surface area (Å²) >= 11 is 0. The molecule has 1 saturated heterocycles. The summed E-state index contributed by atoms with van der Waals surface area (Å²) in [7, 11) is 1.98. The van der Waals surface area contributed by atoms with Crippen molar-refractivity contribution in [3.63, 3.8) is 0 Å².